The molecule has 0 bridgehead atoms. The van der Waals surface area contributed by atoms with Crippen molar-refractivity contribution in [3.05, 3.63) is 18.2 Å². The van der Waals surface area contributed by atoms with Gasteiger partial charge in [0.05, 0.1) is 12.8 Å². The van der Waals surface area contributed by atoms with Crippen molar-refractivity contribution in [2.75, 3.05) is 17.7 Å². The van der Waals surface area contributed by atoms with Crippen molar-refractivity contribution in [1.29, 1.82) is 0 Å². The number of anilines is 2. The summed E-state index contributed by atoms with van der Waals surface area (Å²) in [6.45, 7) is 5.88. The smallest absolute Gasteiger partial charge is 0.221 e. The molecule has 0 saturated heterocycles. The molecule has 2 N–H and O–H groups in total. The number of hydrogen-bond donors (Lipinski definition) is 2. The van der Waals surface area contributed by atoms with Gasteiger partial charge in [0.25, 0.3) is 0 Å². The van der Waals surface area contributed by atoms with Crippen LogP contribution in [0.2, 0.25) is 0 Å². The van der Waals surface area contributed by atoms with Crippen LogP contribution in [0.3, 0.4) is 0 Å². The summed E-state index contributed by atoms with van der Waals surface area (Å²) in [5.74, 6) is 0.721. The molecule has 0 radical (unpaired) electrons. The van der Waals surface area contributed by atoms with E-state index >= 15 is 0 Å². The minimum atomic E-state index is -0.0721. The van der Waals surface area contributed by atoms with E-state index in [2.05, 4.69) is 24.5 Å². The Bertz CT molecular complexity index is 432. The Morgan fingerprint density at radius 1 is 1.35 bits per heavy atom. The summed E-state index contributed by atoms with van der Waals surface area (Å²) >= 11 is 0. The van der Waals surface area contributed by atoms with Crippen LogP contribution in [-0.4, -0.2) is 19.1 Å². The monoisotopic (exact) mass is 278 g/mol. The van der Waals surface area contributed by atoms with E-state index in [4.69, 9.17) is 4.74 Å². The molecule has 0 spiro atoms. The molecule has 1 aromatic rings. The summed E-state index contributed by atoms with van der Waals surface area (Å²) in [5, 5.41) is 6.25. The molecule has 112 valence electrons. The Balaban J connectivity index is 2.72. The van der Waals surface area contributed by atoms with Gasteiger partial charge in [-0.2, -0.15) is 0 Å². The van der Waals surface area contributed by atoms with Gasteiger partial charge in [0.2, 0.25) is 5.91 Å². The maximum atomic E-state index is 11.1. The van der Waals surface area contributed by atoms with Crippen molar-refractivity contribution < 1.29 is 9.53 Å². The summed E-state index contributed by atoms with van der Waals surface area (Å²) in [4.78, 5) is 11.1. The number of unbranched alkanes of at least 4 members (excludes halogenated alkanes) is 2. The quantitative estimate of drug-likeness (QED) is 0.706. The number of hydrogen-bond acceptors (Lipinski definition) is 3. The second kappa shape index (κ2) is 8.46. The van der Waals surface area contributed by atoms with Gasteiger partial charge in [-0.05, 0) is 31.5 Å². The van der Waals surface area contributed by atoms with Crippen LogP contribution in [0.25, 0.3) is 0 Å². The van der Waals surface area contributed by atoms with Crippen LogP contribution < -0.4 is 15.4 Å². The van der Waals surface area contributed by atoms with Crippen LogP contribution in [0.1, 0.15) is 46.5 Å². The summed E-state index contributed by atoms with van der Waals surface area (Å²) in [5.41, 5.74) is 1.70. The number of benzene rings is 1. The second-order valence-electron chi connectivity index (χ2n) is 5.14. The molecule has 0 aliphatic rings. The second-order valence-corrected chi connectivity index (χ2v) is 5.14. The normalized spacial score (nSPS) is 11.8. The SMILES string of the molecule is CCCCCC(C)Nc1cc(NC(C)=O)ccc1OC. The summed E-state index contributed by atoms with van der Waals surface area (Å²) in [6.07, 6.45) is 4.84. The zero-order valence-corrected chi connectivity index (χ0v) is 13.0. The highest BCUT2D eigenvalue weighted by Gasteiger charge is 2.08. The summed E-state index contributed by atoms with van der Waals surface area (Å²) in [6, 6.07) is 6.00. The average molecular weight is 278 g/mol. The van der Waals surface area contributed by atoms with Crippen molar-refractivity contribution in [3.8, 4) is 5.75 Å². The Hall–Kier alpha value is -1.71. The van der Waals surface area contributed by atoms with E-state index in [1.165, 1.54) is 26.2 Å². The van der Waals surface area contributed by atoms with E-state index < -0.39 is 0 Å². The molecule has 4 heteroatoms. The zero-order valence-electron chi connectivity index (χ0n) is 13.0. The van der Waals surface area contributed by atoms with Crippen molar-refractivity contribution in [3.63, 3.8) is 0 Å². The third-order valence-electron chi connectivity index (χ3n) is 3.16. The maximum Gasteiger partial charge on any atom is 0.221 e. The van der Waals surface area contributed by atoms with Crippen molar-refractivity contribution >= 4 is 17.3 Å². The number of ether oxygens (including phenoxy) is 1. The predicted octanol–water partition coefficient (Wildman–Crippen LogP) is 4.03. The van der Waals surface area contributed by atoms with Crippen molar-refractivity contribution in [2.45, 2.75) is 52.5 Å². The molecule has 4 nitrogen and oxygen atoms in total. The topological polar surface area (TPSA) is 50.4 Å². The molecule has 1 aromatic carbocycles. The number of methoxy groups -OCH3 is 1. The molecular formula is C16H26N2O2. The third-order valence-corrected chi connectivity index (χ3v) is 3.16. The van der Waals surface area contributed by atoms with Gasteiger partial charge in [-0.3, -0.25) is 4.79 Å². The Morgan fingerprint density at radius 2 is 2.10 bits per heavy atom. The van der Waals surface area contributed by atoms with Gasteiger partial charge in [0.1, 0.15) is 5.75 Å². The lowest BCUT2D eigenvalue weighted by Crippen LogP contribution is -2.16. The number of carbonyl (C=O) groups is 1. The highest BCUT2D eigenvalue weighted by atomic mass is 16.5. The molecule has 0 aliphatic heterocycles. The van der Waals surface area contributed by atoms with Crippen molar-refractivity contribution in [2.24, 2.45) is 0 Å². The first-order valence-corrected chi connectivity index (χ1v) is 7.29. The molecule has 1 rings (SSSR count). The molecule has 20 heavy (non-hydrogen) atoms. The standard InChI is InChI=1S/C16H26N2O2/c1-5-6-7-8-12(2)17-15-11-14(18-13(3)19)9-10-16(15)20-4/h9-12,17H,5-8H2,1-4H3,(H,18,19). The van der Waals surface area contributed by atoms with Gasteiger partial charge >= 0.3 is 0 Å². The lowest BCUT2D eigenvalue weighted by atomic mass is 10.1. The molecule has 1 amide bonds. The number of rotatable bonds is 8. The van der Waals surface area contributed by atoms with Crippen LogP contribution in [0.5, 0.6) is 5.75 Å². The lowest BCUT2D eigenvalue weighted by Gasteiger charge is -2.18. The van der Waals surface area contributed by atoms with E-state index in [-0.39, 0.29) is 5.91 Å². The van der Waals surface area contributed by atoms with E-state index in [1.54, 1.807) is 7.11 Å². The molecular weight excluding hydrogens is 252 g/mol. The molecule has 0 aromatic heterocycles. The fraction of sp³-hybridized carbons (Fsp3) is 0.562. The first-order valence-electron chi connectivity index (χ1n) is 7.29. The lowest BCUT2D eigenvalue weighted by molar-refractivity contribution is -0.114. The Kier molecular flexibility index (Phi) is 6.91. The summed E-state index contributed by atoms with van der Waals surface area (Å²) < 4.78 is 5.36. The van der Waals surface area contributed by atoms with E-state index in [0.29, 0.717) is 6.04 Å². The minimum Gasteiger partial charge on any atom is -0.495 e. The van der Waals surface area contributed by atoms with Crippen LogP contribution in [-0.2, 0) is 4.79 Å². The molecule has 0 fully saturated rings. The fourth-order valence-electron chi connectivity index (χ4n) is 2.14. The van der Waals surface area contributed by atoms with Gasteiger partial charge in [-0.25, -0.2) is 0 Å². The molecule has 0 aliphatic carbocycles. The van der Waals surface area contributed by atoms with Crippen LogP contribution in [0, 0.1) is 0 Å². The number of amides is 1. The first kappa shape index (κ1) is 16.3. The highest BCUT2D eigenvalue weighted by molar-refractivity contribution is 5.89. The Morgan fingerprint density at radius 3 is 2.70 bits per heavy atom. The van der Waals surface area contributed by atoms with Gasteiger partial charge in [-0.1, -0.05) is 26.2 Å². The first-order chi connectivity index (χ1) is 9.56. The van der Waals surface area contributed by atoms with Gasteiger partial charge < -0.3 is 15.4 Å². The minimum absolute atomic E-state index is 0.0721. The summed E-state index contributed by atoms with van der Waals surface area (Å²) in [7, 11) is 1.65. The van der Waals surface area contributed by atoms with Crippen molar-refractivity contribution in [1.82, 2.24) is 0 Å². The molecule has 0 heterocycles. The van der Waals surface area contributed by atoms with Crippen LogP contribution in [0.4, 0.5) is 11.4 Å². The maximum absolute atomic E-state index is 11.1. The van der Waals surface area contributed by atoms with Gasteiger partial charge in [-0.15, -0.1) is 0 Å². The number of carbonyl (C=O) groups excluding carboxylic acids is 1. The fourth-order valence-corrected chi connectivity index (χ4v) is 2.14. The van der Waals surface area contributed by atoms with E-state index in [9.17, 15) is 4.79 Å². The largest absolute Gasteiger partial charge is 0.495 e. The van der Waals surface area contributed by atoms with E-state index in [0.717, 1.165) is 23.5 Å². The Labute approximate surface area is 121 Å². The van der Waals surface area contributed by atoms with Gasteiger partial charge in [0, 0.05) is 18.7 Å². The predicted molar refractivity (Wildman–Crippen MR) is 84.5 cm³/mol. The van der Waals surface area contributed by atoms with E-state index in [1.807, 2.05) is 18.2 Å². The van der Waals surface area contributed by atoms with Crippen LogP contribution in [0.15, 0.2) is 18.2 Å². The number of nitrogens with one attached hydrogen (secondary N) is 2. The van der Waals surface area contributed by atoms with Gasteiger partial charge in [0.15, 0.2) is 0 Å². The van der Waals surface area contributed by atoms with Crippen LogP contribution >= 0.6 is 0 Å². The molecule has 1 atom stereocenters. The third kappa shape index (κ3) is 5.51. The average Bonchev–Trinajstić information content (AvgIpc) is 2.38. The zero-order chi connectivity index (χ0) is 15.0. The highest BCUT2D eigenvalue weighted by Crippen LogP contribution is 2.29. The molecule has 0 saturated carbocycles. The molecule has 1 unspecified atom stereocenters.